The van der Waals surface area contributed by atoms with Gasteiger partial charge in [0.25, 0.3) is 5.91 Å². The van der Waals surface area contributed by atoms with Gasteiger partial charge in [0, 0.05) is 5.69 Å². The Morgan fingerprint density at radius 3 is 2.41 bits per heavy atom. The van der Waals surface area contributed by atoms with Crippen LogP contribution in [0.25, 0.3) is 10.8 Å². The third kappa shape index (κ3) is 8.63. The lowest BCUT2D eigenvalue weighted by Gasteiger charge is -2.33. The lowest BCUT2D eigenvalue weighted by Crippen LogP contribution is -2.52. The number of thioether (sulfide) groups is 1. The average molecular weight is 577 g/mol. The van der Waals surface area contributed by atoms with Crippen molar-refractivity contribution in [2.24, 2.45) is 0 Å². The lowest BCUT2D eigenvalue weighted by molar-refractivity contribution is -0.140. The van der Waals surface area contributed by atoms with Crippen LogP contribution < -0.4 is 10.6 Å². The molecule has 0 spiro atoms. The highest BCUT2D eigenvalue weighted by Gasteiger charge is 2.36. The Morgan fingerprint density at radius 2 is 1.78 bits per heavy atom. The smallest absolute Gasteiger partial charge is 0.408 e. The van der Waals surface area contributed by atoms with Crippen LogP contribution in [-0.2, 0) is 14.3 Å². The number of rotatable bonds is 10. The molecule has 10 heteroatoms. The Morgan fingerprint density at radius 1 is 1.07 bits per heavy atom. The molecule has 3 rings (SSSR count). The van der Waals surface area contributed by atoms with Crippen molar-refractivity contribution in [3.8, 4) is 11.8 Å². The van der Waals surface area contributed by atoms with E-state index in [9.17, 15) is 24.8 Å². The zero-order valence-corrected chi connectivity index (χ0v) is 24.7. The minimum atomic E-state index is -1.23. The summed E-state index contributed by atoms with van der Waals surface area (Å²) in [4.78, 5) is 41.7. The molecule has 2 atom stereocenters. The molecule has 3 amide bonds. The molecule has 0 heterocycles. The summed E-state index contributed by atoms with van der Waals surface area (Å²) in [6.45, 7) is 6.41. The van der Waals surface area contributed by atoms with Gasteiger partial charge in [-0.05, 0) is 92.3 Å². The third-order valence-corrected chi connectivity index (χ3v) is 6.88. The van der Waals surface area contributed by atoms with Crippen molar-refractivity contribution in [3.63, 3.8) is 0 Å². The molecule has 0 saturated heterocycles. The molecule has 9 nitrogen and oxygen atoms in total. The van der Waals surface area contributed by atoms with Crippen LogP contribution in [0.5, 0.6) is 5.75 Å². The van der Waals surface area contributed by atoms with Gasteiger partial charge in [0.05, 0.1) is 6.07 Å². The Bertz CT molecular complexity index is 1450. The lowest BCUT2D eigenvalue weighted by atomic mass is 9.99. The SMILES string of the molecule is CSCCC(NC(=O)OC(C)(C)C)C(=O)N(CC#N)C(C(=O)Nc1ccc2ccccc2c1)c1ccc(O)c(C)c1. The molecule has 0 saturated carbocycles. The van der Waals surface area contributed by atoms with E-state index in [1.807, 2.05) is 48.7 Å². The zero-order chi connectivity index (χ0) is 30.2. The van der Waals surface area contributed by atoms with Crippen LogP contribution in [0.2, 0.25) is 0 Å². The van der Waals surface area contributed by atoms with Crippen molar-refractivity contribution in [2.75, 3.05) is 23.9 Å². The van der Waals surface area contributed by atoms with Gasteiger partial charge in [-0.15, -0.1) is 0 Å². The number of aromatic hydroxyl groups is 1. The fourth-order valence-electron chi connectivity index (χ4n) is 4.31. The molecule has 0 aliphatic rings. The summed E-state index contributed by atoms with van der Waals surface area (Å²) in [6, 6.07) is 17.5. The van der Waals surface area contributed by atoms with E-state index in [1.54, 1.807) is 45.9 Å². The van der Waals surface area contributed by atoms with Crippen molar-refractivity contribution in [2.45, 2.75) is 51.8 Å². The highest BCUT2D eigenvalue weighted by molar-refractivity contribution is 7.98. The van der Waals surface area contributed by atoms with Crippen molar-refractivity contribution in [1.29, 1.82) is 5.26 Å². The molecule has 0 aromatic heterocycles. The van der Waals surface area contributed by atoms with Crippen molar-refractivity contribution in [1.82, 2.24) is 10.2 Å². The van der Waals surface area contributed by atoms with E-state index in [-0.39, 0.29) is 12.2 Å². The predicted molar refractivity (Wildman–Crippen MR) is 162 cm³/mol. The van der Waals surface area contributed by atoms with Gasteiger partial charge in [-0.1, -0.05) is 36.4 Å². The van der Waals surface area contributed by atoms with Gasteiger partial charge in [0.1, 0.15) is 30.0 Å². The van der Waals surface area contributed by atoms with Crippen molar-refractivity contribution < 1.29 is 24.2 Å². The van der Waals surface area contributed by atoms with Crippen LogP contribution >= 0.6 is 11.8 Å². The molecule has 3 aromatic carbocycles. The number of aryl methyl sites for hydroxylation is 1. The Balaban J connectivity index is 2.02. The fourth-order valence-corrected chi connectivity index (χ4v) is 4.79. The molecule has 0 radical (unpaired) electrons. The fraction of sp³-hybridized carbons (Fsp3) is 0.355. The Labute approximate surface area is 244 Å². The van der Waals surface area contributed by atoms with Crippen LogP contribution in [0.1, 0.15) is 44.4 Å². The molecular formula is C31H36N4O5S. The van der Waals surface area contributed by atoms with E-state index in [1.165, 1.54) is 17.8 Å². The highest BCUT2D eigenvalue weighted by atomic mass is 32.2. The second kappa shape index (κ2) is 13.9. The van der Waals surface area contributed by atoms with Gasteiger partial charge in [-0.25, -0.2) is 4.79 Å². The average Bonchev–Trinajstić information content (AvgIpc) is 2.91. The van der Waals surface area contributed by atoms with E-state index < -0.39 is 42.1 Å². The van der Waals surface area contributed by atoms with Gasteiger partial charge in [0.2, 0.25) is 5.91 Å². The van der Waals surface area contributed by atoms with Gasteiger partial charge in [-0.3, -0.25) is 9.59 Å². The number of phenolic OH excluding ortho intramolecular Hbond substituents is 1. The Hall–Kier alpha value is -4.23. The van der Waals surface area contributed by atoms with Crippen LogP contribution in [0, 0.1) is 18.3 Å². The molecule has 216 valence electrons. The number of ether oxygens (including phenoxy) is 1. The van der Waals surface area contributed by atoms with Crippen LogP contribution in [0.3, 0.4) is 0 Å². The number of nitrogens with one attached hydrogen (secondary N) is 2. The number of hydrogen-bond donors (Lipinski definition) is 3. The van der Waals surface area contributed by atoms with Gasteiger partial charge in [0.15, 0.2) is 0 Å². The molecule has 0 bridgehead atoms. The first kappa shape index (κ1) is 31.3. The molecule has 41 heavy (non-hydrogen) atoms. The predicted octanol–water partition coefficient (Wildman–Crippen LogP) is 5.53. The summed E-state index contributed by atoms with van der Waals surface area (Å²) >= 11 is 1.50. The monoisotopic (exact) mass is 576 g/mol. The molecule has 0 aliphatic heterocycles. The summed E-state index contributed by atoms with van der Waals surface area (Å²) in [6.07, 6.45) is 1.36. The number of anilines is 1. The third-order valence-electron chi connectivity index (χ3n) is 6.24. The molecule has 3 N–H and O–H groups in total. The summed E-state index contributed by atoms with van der Waals surface area (Å²) in [5.41, 5.74) is 0.642. The quantitative estimate of drug-likeness (QED) is 0.270. The standard InChI is InChI=1S/C31H36N4O5S/c1-20-18-23(11-13-26(20)36)27(28(37)33-24-12-10-21-8-6-7-9-22(21)19-24)35(16-15-32)29(38)25(14-17-41-5)34-30(39)40-31(2,3)4/h6-13,18-19,25,27,36H,14,16-17H2,1-5H3,(H,33,37)(H,34,39). The molecule has 0 fully saturated rings. The number of fused-ring (bicyclic) bond motifs is 1. The van der Waals surface area contributed by atoms with Crippen molar-refractivity contribution >= 4 is 46.1 Å². The summed E-state index contributed by atoms with van der Waals surface area (Å²) < 4.78 is 5.37. The minimum absolute atomic E-state index is 0.0324. The number of hydrogen-bond acceptors (Lipinski definition) is 7. The first-order valence-electron chi connectivity index (χ1n) is 13.2. The molecule has 2 unspecified atom stereocenters. The summed E-state index contributed by atoms with van der Waals surface area (Å²) in [5, 5.41) is 27.3. The van der Waals surface area contributed by atoms with E-state index in [0.717, 1.165) is 15.7 Å². The number of phenols is 1. The highest BCUT2D eigenvalue weighted by Crippen LogP contribution is 2.29. The number of benzene rings is 3. The van der Waals surface area contributed by atoms with E-state index in [0.29, 0.717) is 22.6 Å². The largest absolute Gasteiger partial charge is 0.508 e. The molecule has 0 aliphatic carbocycles. The second-order valence-electron chi connectivity index (χ2n) is 10.6. The molecular weight excluding hydrogens is 540 g/mol. The van der Waals surface area contributed by atoms with Crippen LogP contribution in [0.15, 0.2) is 60.7 Å². The maximum Gasteiger partial charge on any atom is 0.408 e. The topological polar surface area (TPSA) is 132 Å². The van der Waals surface area contributed by atoms with Gasteiger partial charge >= 0.3 is 6.09 Å². The first-order valence-corrected chi connectivity index (χ1v) is 14.6. The Kier molecular flexibility index (Phi) is 10.6. The first-order chi connectivity index (χ1) is 19.4. The van der Waals surface area contributed by atoms with Crippen molar-refractivity contribution in [3.05, 3.63) is 71.8 Å². The summed E-state index contributed by atoms with van der Waals surface area (Å²) in [7, 11) is 0. The number of carbonyl (C=O) groups excluding carboxylic acids is 3. The maximum atomic E-state index is 14.0. The van der Waals surface area contributed by atoms with Gasteiger partial charge < -0.3 is 25.4 Å². The van der Waals surface area contributed by atoms with E-state index in [4.69, 9.17) is 4.74 Å². The number of alkyl carbamates (subject to hydrolysis) is 1. The molecule has 3 aromatic rings. The minimum Gasteiger partial charge on any atom is -0.508 e. The van der Waals surface area contributed by atoms with Gasteiger partial charge in [-0.2, -0.15) is 17.0 Å². The van der Waals surface area contributed by atoms with Crippen LogP contribution in [0.4, 0.5) is 10.5 Å². The van der Waals surface area contributed by atoms with E-state index in [2.05, 4.69) is 10.6 Å². The number of nitriles is 1. The van der Waals surface area contributed by atoms with E-state index >= 15 is 0 Å². The second-order valence-corrected chi connectivity index (χ2v) is 11.6. The number of amides is 3. The summed E-state index contributed by atoms with van der Waals surface area (Å²) in [5.74, 6) is -0.575. The normalized spacial score (nSPS) is 12.6. The number of carbonyl (C=O) groups is 3. The maximum absolute atomic E-state index is 14.0. The zero-order valence-electron chi connectivity index (χ0n) is 23.9. The van der Waals surface area contributed by atoms with Crippen LogP contribution in [-0.4, -0.2) is 58.1 Å². The number of nitrogens with zero attached hydrogens (tertiary/aromatic N) is 2.